The number of benzene rings is 1. The zero-order valence-electron chi connectivity index (χ0n) is 15.6. The first-order chi connectivity index (χ1) is 13.6. The summed E-state index contributed by atoms with van der Waals surface area (Å²) < 4.78 is 0. The number of nitrogens with two attached hydrogens (primary N) is 1. The Kier molecular flexibility index (Phi) is 4.08. The molecule has 0 spiro atoms. The predicted octanol–water partition coefficient (Wildman–Crippen LogP) is 2.38. The number of nitrogens with one attached hydrogen (secondary N) is 2. The Balaban J connectivity index is 1.43. The second-order valence-corrected chi connectivity index (χ2v) is 8.46. The number of aromatic nitrogens is 2. The minimum atomic E-state index is 0.0500. The van der Waals surface area contributed by atoms with Crippen LogP contribution >= 0.6 is 11.3 Å². The molecular weight excluding hydrogens is 372 g/mol. The van der Waals surface area contributed by atoms with Crippen LogP contribution in [0.4, 0.5) is 17.5 Å². The van der Waals surface area contributed by atoms with E-state index >= 15 is 0 Å². The Hall–Kier alpha value is -2.87. The third-order valence-electron chi connectivity index (χ3n) is 5.73. The Labute approximate surface area is 167 Å². The SMILES string of the molecule is Cc1ccc(N)cc1CNc1nc(N2C[C@@H]3CNC(=O)[C@@H]3C2)nc2sccc12. The summed E-state index contributed by atoms with van der Waals surface area (Å²) >= 11 is 1.61. The molecule has 0 radical (unpaired) electrons. The first-order valence-electron chi connectivity index (χ1n) is 9.45. The average Bonchev–Trinajstić information content (AvgIpc) is 3.39. The maximum absolute atomic E-state index is 12.0. The number of rotatable bonds is 4. The smallest absolute Gasteiger partial charge is 0.228 e. The summed E-state index contributed by atoms with van der Waals surface area (Å²) in [5.74, 6) is 2.07. The lowest BCUT2D eigenvalue weighted by atomic mass is 10.0. The van der Waals surface area contributed by atoms with E-state index in [4.69, 9.17) is 15.7 Å². The van der Waals surface area contributed by atoms with E-state index in [2.05, 4.69) is 22.5 Å². The molecule has 0 aliphatic carbocycles. The summed E-state index contributed by atoms with van der Waals surface area (Å²) in [6.07, 6.45) is 0. The van der Waals surface area contributed by atoms with E-state index in [1.54, 1.807) is 11.3 Å². The molecule has 2 fully saturated rings. The maximum Gasteiger partial charge on any atom is 0.228 e. The van der Waals surface area contributed by atoms with Crippen molar-refractivity contribution in [3.05, 3.63) is 40.8 Å². The largest absolute Gasteiger partial charge is 0.399 e. The first kappa shape index (κ1) is 17.2. The molecule has 0 bridgehead atoms. The van der Waals surface area contributed by atoms with Crippen LogP contribution in [-0.2, 0) is 11.3 Å². The van der Waals surface area contributed by atoms with Crippen LogP contribution in [0, 0.1) is 18.8 Å². The number of thiophene rings is 1. The summed E-state index contributed by atoms with van der Waals surface area (Å²) in [5.41, 5.74) is 9.04. The predicted molar refractivity (Wildman–Crippen MR) is 113 cm³/mol. The van der Waals surface area contributed by atoms with Gasteiger partial charge in [-0.15, -0.1) is 11.3 Å². The number of fused-ring (bicyclic) bond motifs is 2. The average molecular weight is 395 g/mol. The van der Waals surface area contributed by atoms with Crippen LogP contribution < -0.4 is 21.3 Å². The van der Waals surface area contributed by atoms with Gasteiger partial charge in [0.2, 0.25) is 11.9 Å². The molecule has 8 heteroatoms. The van der Waals surface area contributed by atoms with Crippen molar-refractivity contribution in [1.82, 2.24) is 15.3 Å². The van der Waals surface area contributed by atoms with Gasteiger partial charge >= 0.3 is 0 Å². The normalized spacial score (nSPS) is 21.2. The van der Waals surface area contributed by atoms with Crippen LogP contribution in [0.25, 0.3) is 10.2 Å². The molecule has 2 aliphatic rings. The molecule has 2 atom stereocenters. The van der Waals surface area contributed by atoms with Crippen molar-refractivity contribution in [2.24, 2.45) is 11.8 Å². The fourth-order valence-corrected chi connectivity index (χ4v) is 4.84. The molecule has 7 nitrogen and oxygen atoms in total. The van der Waals surface area contributed by atoms with Crippen molar-refractivity contribution in [2.45, 2.75) is 13.5 Å². The zero-order chi connectivity index (χ0) is 19.3. The molecule has 28 heavy (non-hydrogen) atoms. The van der Waals surface area contributed by atoms with E-state index in [1.165, 1.54) is 5.56 Å². The third-order valence-corrected chi connectivity index (χ3v) is 6.54. The molecule has 2 saturated heterocycles. The van der Waals surface area contributed by atoms with Gasteiger partial charge in [-0.3, -0.25) is 4.79 Å². The molecular formula is C20H22N6OS. The molecule has 0 saturated carbocycles. The number of nitrogens with zero attached hydrogens (tertiary/aromatic N) is 3. The second-order valence-electron chi connectivity index (χ2n) is 7.57. The standard InChI is InChI=1S/C20H22N6OS/c1-11-2-3-14(21)6-12(11)7-22-17-15-4-5-28-19(15)25-20(24-17)26-9-13-8-23-18(27)16(13)10-26/h2-6,13,16H,7-10,21H2,1H3,(H,23,27)(H,22,24,25)/t13-,16+/m0/s1. The van der Waals surface area contributed by atoms with Crippen molar-refractivity contribution in [3.63, 3.8) is 0 Å². The van der Waals surface area contributed by atoms with Gasteiger partial charge < -0.3 is 21.3 Å². The van der Waals surface area contributed by atoms with Crippen molar-refractivity contribution in [2.75, 3.05) is 35.6 Å². The van der Waals surface area contributed by atoms with Crippen LogP contribution in [0.2, 0.25) is 0 Å². The van der Waals surface area contributed by atoms with Gasteiger partial charge in [0.25, 0.3) is 0 Å². The van der Waals surface area contributed by atoms with Crippen molar-refractivity contribution < 1.29 is 4.79 Å². The number of hydrogen-bond donors (Lipinski definition) is 3. The lowest BCUT2D eigenvalue weighted by Gasteiger charge is -2.19. The molecule has 3 aromatic rings. The van der Waals surface area contributed by atoms with Gasteiger partial charge in [-0.1, -0.05) is 6.07 Å². The summed E-state index contributed by atoms with van der Waals surface area (Å²) in [7, 11) is 0. The number of nitrogen functional groups attached to an aromatic ring is 1. The van der Waals surface area contributed by atoms with E-state index in [1.807, 2.05) is 29.6 Å². The van der Waals surface area contributed by atoms with E-state index in [9.17, 15) is 4.79 Å². The molecule has 4 heterocycles. The highest BCUT2D eigenvalue weighted by atomic mass is 32.1. The second kappa shape index (κ2) is 6.63. The quantitative estimate of drug-likeness (QED) is 0.588. The maximum atomic E-state index is 12.0. The van der Waals surface area contributed by atoms with Crippen molar-refractivity contribution >= 4 is 44.9 Å². The van der Waals surface area contributed by atoms with Crippen LogP contribution in [0.5, 0.6) is 0 Å². The monoisotopic (exact) mass is 394 g/mol. The van der Waals surface area contributed by atoms with E-state index in [0.29, 0.717) is 25.0 Å². The van der Waals surface area contributed by atoms with Gasteiger partial charge in [0.05, 0.1) is 11.3 Å². The van der Waals surface area contributed by atoms with Gasteiger partial charge in [0.1, 0.15) is 10.6 Å². The highest BCUT2D eigenvalue weighted by Crippen LogP contribution is 2.33. The Morgan fingerprint density at radius 3 is 3.07 bits per heavy atom. The Bertz CT molecular complexity index is 1060. The molecule has 144 valence electrons. The third kappa shape index (κ3) is 2.93. The fourth-order valence-electron chi connectivity index (χ4n) is 4.08. The summed E-state index contributed by atoms with van der Waals surface area (Å²) in [6.45, 7) is 4.97. The highest BCUT2D eigenvalue weighted by Gasteiger charge is 2.42. The molecule has 2 aromatic heterocycles. The van der Waals surface area contributed by atoms with Crippen LogP contribution in [0.1, 0.15) is 11.1 Å². The number of carbonyl (C=O) groups excluding carboxylic acids is 1. The van der Waals surface area contributed by atoms with Gasteiger partial charge in [0.15, 0.2) is 0 Å². The first-order valence-corrected chi connectivity index (χ1v) is 10.3. The molecule has 2 aliphatic heterocycles. The number of anilines is 3. The summed E-state index contributed by atoms with van der Waals surface area (Å²) in [6, 6.07) is 7.99. The fraction of sp³-hybridized carbons (Fsp3) is 0.350. The topological polar surface area (TPSA) is 96.2 Å². The minimum Gasteiger partial charge on any atom is -0.399 e. The lowest BCUT2D eigenvalue weighted by molar-refractivity contribution is -0.122. The van der Waals surface area contributed by atoms with E-state index in [0.717, 1.165) is 40.4 Å². The van der Waals surface area contributed by atoms with Crippen LogP contribution in [0.15, 0.2) is 29.6 Å². The molecule has 5 rings (SSSR count). The molecule has 0 unspecified atom stereocenters. The van der Waals surface area contributed by atoms with Gasteiger partial charge in [-0.05, 0) is 41.6 Å². The number of amides is 1. The van der Waals surface area contributed by atoms with Gasteiger partial charge in [-0.2, -0.15) is 4.98 Å². The minimum absolute atomic E-state index is 0.0500. The number of carbonyl (C=O) groups is 1. The molecule has 1 aromatic carbocycles. The highest BCUT2D eigenvalue weighted by molar-refractivity contribution is 7.16. The van der Waals surface area contributed by atoms with Crippen molar-refractivity contribution in [1.29, 1.82) is 0 Å². The van der Waals surface area contributed by atoms with E-state index < -0.39 is 0 Å². The van der Waals surface area contributed by atoms with Crippen LogP contribution in [0.3, 0.4) is 0 Å². The summed E-state index contributed by atoms with van der Waals surface area (Å²) in [4.78, 5) is 24.7. The van der Waals surface area contributed by atoms with Gasteiger partial charge in [0, 0.05) is 37.8 Å². The number of aryl methyl sites for hydroxylation is 1. The lowest BCUT2D eigenvalue weighted by Crippen LogP contribution is -2.29. The molecule has 4 N–H and O–H groups in total. The number of hydrogen-bond acceptors (Lipinski definition) is 7. The van der Waals surface area contributed by atoms with E-state index in [-0.39, 0.29) is 11.8 Å². The molecule has 1 amide bonds. The summed E-state index contributed by atoms with van der Waals surface area (Å²) in [5, 5.41) is 9.48. The van der Waals surface area contributed by atoms with Crippen molar-refractivity contribution in [3.8, 4) is 0 Å². The zero-order valence-corrected chi connectivity index (χ0v) is 16.4. The van der Waals surface area contributed by atoms with Crippen LogP contribution in [-0.4, -0.2) is 35.5 Å². The Morgan fingerprint density at radius 2 is 2.21 bits per heavy atom. The van der Waals surface area contributed by atoms with Gasteiger partial charge in [-0.25, -0.2) is 4.98 Å². The Morgan fingerprint density at radius 1 is 1.32 bits per heavy atom.